The summed E-state index contributed by atoms with van der Waals surface area (Å²) in [6.45, 7) is 0. The van der Waals surface area contributed by atoms with E-state index in [2.05, 4.69) is 24.3 Å². The maximum Gasteiger partial charge on any atom is -0.0115 e. The van der Waals surface area contributed by atoms with E-state index in [1.54, 1.807) is 5.57 Å². The summed E-state index contributed by atoms with van der Waals surface area (Å²) in [6.07, 6.45) is 18.7. The molecule has 2 atom stereocenters. The molecule has 1 radical (unpaired) electrons. The highest BCUT2D eigenvalue weighted by molar-refractivity contribution is 5.33. The van der Waals surface area contributed by atoms with E-state index in [0.717, 1.165) is 11.8 Å². The Hall–Kier alpha value is -0.780. The third kappa shape index (κ3) is 1.37. The predicted octanol–water partition coefficient (Wildman–Crippen LogP) is 3.81. The largest absolute Gasteiger partial charge is 0.0839 e. The van der Waals surface area contributed by atoms with Gasteiger partial charge in [-0.25, -0.2) is 0 Å². The second-order valence-corrected chi connectivity index (χ2v) is 4.81. The molecule has 3 aliphatic rings. The summed E-state index contributed by atoms with van der Waals surface area (Å²) in [4.78, 5) is 0. The lowest BCUT2D eigenvalue weighted by Gasteiger charge is -2.34. The van der Waals surface area contributed by atoms with Crippen molar-refractivity contribution in [3.05, 3.63) is 35.5 Å². The minimum Gasteiger partial charge on any atom is -0.0839 e. The highest BCUT2D eigenvalue weighted by Crippen LogP contribution is 2.42. The standard InChI is InChI=1S/C14H17/c1-2-6-12-10-14-8-4-3-7-13(14)9-11(12)5-1/h1-2,5,12,14H,3-4,6-8,10H2. The fourth-order valence-corrected chi connectivity index (χ4v) is 3.08. The van der Waals surface area contributed by atoms with E-state index in [-0.39, 0.29) is 0 Å². The molecule has 1 fully saturated rings. The zero-order valence-corrected chi connectivity index (χ0v) is 8.63. The van der Waals surface area contributed by atoms with Crippen LogP contribution in [0.1, 0.15) is 38.5 Å². The molecule has 14 heavy (non-hydrogen) atoms. The first kappa shape index (κ1) is 8.52. The first-order valence-electron chi connectivity index (χ1n) is 5.93. The minimum atomic E-state index is 0.798. The highest BCUT2D eigenvalue weighted by atomic mass is 14.3. The summed E-state index contributed by atoms with van der Waals surface area (Å²) in [5.41, 5.74) is 3.12. The van der Waals surface area contributed by atoms with Crippen LogP contribution in [0, 0.1) is 17.9 Å². The summed E-state index contributed by atoms with van der Waals surface area (Å²) in [6, 6.07) is 0. The van der Waals surface area contributed by atoms with Gasteiger partial charge in [0.05, 0.1) is 0 Å². The fourth-order valence-electron chi connectivity index (χ4n) is 3.08. The van der Waals surface area contributed by atoms with E-state index in [1.165, 1.54) is 44.1 Å². The highest BCUT2D eigenvalue weighted by Gasteiger charge is 2.29. The average Bonchev–Trinajstić information content (AvgIpc) is 2.26. The normalized spacial score (nSPS) is 35.4. The molecule has 0 heterocycles. The van der Waals surface area contributed by atoms with Gasteiger partial charge >= 0.3 is 0 Å². The third-order valence-corrected chi connectivity index (χ3v) is 3.89. The van der Waals surface area contributed by atoms with E-state index < -0.39 is 0 Å². The molecule has 1 saturated carbocycles. The van der Waals surface area contributed by atoms with Gasteiger partial charge in [-0.1, -0.05) is 30.2 Å². The van der Waals surface area contributed by atoms with Crippen LogP contribution >= 0.6 is 0 Å². The molecule has 0 amide bonds. The lowest BCUT2D eigenvalue weighted by Crippen LogP contribution is -2.21. The van der Waals surface area contributed by atoms with Crippen LogP contribution in [0.5, 0.6) is 0 Å². The number of rotatable bonds is 0. The van der Waals surface area contributed by atoms with E-state index in [0.29, 0.717) is 0 Å². The van der Waals surface area contributed by atoms with Crippen LogP contribution in [-0.2, 0) is 0 Å². The van der Waals surface area contributed by atoms with E-state index in [4.69, 9.17) is 0 Å². The second kappa shape index (κ2) is 3.42. The first-order valence-corrected chi connectivity index (χ1v) is 5.93. The molecule has 0 bridgehead atoms. The van der Waals surface area contributed by atoms with Crippen LogP contribution in [0.15, 0.2) is 29.4 Å². The van der Waals surface area contributed by atoms with Crippen molar-refractivity contribution in [2.24, 2.45) is 11.8 Å². The smallest absolute Gasteiger partial charge is 0.0115 e. The molecule has 0 saturated heterocycles. The Morgan fingerprint density at radius 2 is 2.21 bits per heavy atom. The Kier molecular flexibility index (Phi) is 2.08. The maximum absolute atomic E-state index is 3.68. The number of fused-ring (bicyclic) bond motifs is 2. The van der Waals surface area contributed by atoms with Crippen molar-refractivity contribution in [3.63, 3.8) is 0 Å². The van der Waals surface area contributed by atoms with Crippen LogP contribution in [0.2, 0.25) is 0 Å². The fraction of sp³-hybridized carbons (Fsp3) is 0.571. The van der Waals surface area contributed by atoms with Gasteiger partial charge in [-0.2, -0.15) is 0 Å². The Bertz CT molecular complexity index is 317. The van der Waals surface area contributed by atoms with Crippen molar-refractivity contribution in [2.45, 2.75) is 38.5 Å². The van der Waals surface area contributed by atoms with Gasteiger partial charge in [-0.3, -0.25) is 0 Å². The van der Waals surface area contributed by atoms with Crippen LogP contribution in [-0.4, -0.2) is 0 Å². The lowest BCUT2D eigenvalue weighted by molar-refractivity contribution is 0.359. The zero-order chi connectivity index (χ0) is 9.38. The molecule has 3 rings (SSSR count). The number of allylic oxidation sites excluding steroid dienone is 6. The van der Waals surface area contributed by atoms with Crippen LogP contribution in [0.4, 0.5) is 0 Å². The van der Waals surface area contributed by atoms with E-state index >= 15 is 0 Å². The summed E-state index contributed by atoms with van der Waals surface area (Å²) < 4.78 is 0. The monoisotopic (exact) mass is 185 g/mol. The molecule has 0 nitrogen and oxygen atoms in total. The van der Waals surface area contributed by atoms with Crippen molar-refractivity contribution in [1.29, 1.82) is 0 Å². The summed E-state index contributed by atoms with van der Waals surface area (Å²) in [5, 5.41) is 0. The van der Waals surface area contributed by atoms with Crippen LogP contribution in [0.3, 0.4) is 0 Å². The molecule has 3 aliphatic carbocycles. The van der Waals surface area contributed by atoms with Gasteiger partial charge in [0.25, 0.3) is 0 Å². The van der Waals surface area contributed by atoms with Crippen LogP contribution < -0.4 is 0 Å². The minimum absolute atomic E-state index is 0.798. The Balaban J connectivity index is 1.92. The number of hydrogen-bond donors (Lipinski definition) is 0. The number of hydrogen-bond acceptors (Lipinski definition) is 0. The van der Waals surface area contributed by atoms with Crippen molar-refractivity contribution >= 4 is 0 Å². The average molecular weight is 185 g/mol. The predicted molar refractivity (Wildman–Crippen MR) is 58.7 cm³/mol. The van der Waals surface area contributed by atoms with Crippen molar-refractivity contribution in [2.75, 3.05) is 0 Å². The Morgan fingerprint density at radius 3 is 3.21 bits per heavy atom. The zero-order valence-electron chi connectivity index (χ0n) is 8.63. The van der Waals surface area contributed by atoms with Crippen molar-refractivity contribution in [1.82, 2.24) is 0 Å². The Labute approximate surface area is 86.4 Å². The topological polar surface area (TPSA) is 0 Å². The van der Waals surface area contributed by atoms with E-state index in [1.807, 2.05) is 0 Å². The SMILES string of the molecule is [C]1=C2CCCCC2CC2CC=CC=C12. The molecule has 0 aromatic rings. The molecule has 0 N–H and O–H groups in total. The molecule has 73 valence electrons. The van der Waals surface area contributed by atoms with Gasteiger partial charge in [-0.05, 0) is 55.6 Å². The molecule has 2 unspecified atom stereocenters. The molecule has 0 aromatic carbocycles. The van der Waals surface area contributed by atoms with Gasteiger partial charge in [0.2, 0.25) is 0 Å². The van der Waals surface area contributed by atoms with Gasteiger partial charge in [0.15, 0.2) is 0 Å². The maximum atomic E-state index is 3.68. The quantitative estimate of drug-likeness (QED) is 0.538. The van der Waals surface area contributed by atoms with Crippen molar-refractivity contribution < 1.29 is 0 Å². The van der Waals surface area contributed by atoms with Gasteiger partial charge in [-0.15, -0.1) is 0 Å². The molecule has 0 heteroatoms. The summed E-state index contributed by atoms with van der Waals surface area (Å²) in [7, 11) is 0. The second-order valence-electron chi connectivity index (χ2n) is 4.81. The lowest BCUT2D eigenvalue weighted by atomic mass is 9.70. The first-order chi connectivity index (χ1) is 6.93. The molecular weight excluding hydrogens is 168 g/mol. The molecular formula is C14H17. The summed E-state index contributed by atoms with van der Waals surface area (Å²) in [5.74, 6) is 1.68. The van der Waals surface area contributed by atoms with E-state index in [9.17, 15) is 0 Å². The van der Waals surface area contributed by atoms with Crippen molar-refractivity contribution in [3.8, 4) is 0 Å². The van der Waals surface area contributed by atoms with Gasteiger partial charge in [0, 0.05) is 0 Å². The molecule has 0 aromatic heterocycles. The van der Waals surface area contributed by atoms with Crippen LogP contribution in [0.25, 0.3) is 0 Å². The molecule has 0 aliphatic heterocycles. The summed E-state index contributed by atoms with van der Waals surface area (Å²) >= 11 is 0. The van der Waals surface area contributed by atoms with Gasteiger partial charge in [0.1, 0.15) is 0 Å². The third-order valence-electron chi connectivity index (χ3n) is 3.89. The molecule has 0 spiro atoms. The Morgan fingerprint density at radius 1 is 1.21 bits per heavy atom. The van der Waals surface area contributed by atoms with Gasteiger partial charge < -0.3 is 0 Å².